The van der Waals surface area contributed by atoms with Gasteiger partial charge in [0.15, 0.2) is 0 Å². The number of nitrogens with zero attached hydrogens (tertiary/aromatic N) is 1. The van der Waals surface area contributed by atoms with Crippen molar-refractivity contribution >= 4 is 46.6 Å². The van der Waals surface area contributed by atoms with Crippen molar-refractivity contribution in [2.45, 2.75) is 0 Å². The maximum Gasteiger partial charge on any atom is 0.263 e. The fourth-order valence-corrected chi connectivity index (χ4v) is 4.08. The first-order valence-corrected chi connectivity index (χ1v) is 10.9. The number of hydrogen-bond donors (Lipinski definition) is 0. The van der Waals surface area contributed by atoms with Crippen molar-refractivity contribution in [1.29, 1.82) is 0 Å². The number of rotatable bonds is 4. The third-order valence-corrected chi connectivity index (χ3v) is 5.82. The fraction of sp³-hybridized carbons (Fsp3) is 0. The molecule has 2 heterocycles. The van der Waals surface area contributed by atoms with Crippen LogP contribution in [0.25, 0.3) is 23.1 Å². The lowest BCUT2D eigenvalue weighted by Crippen LogP contribution is -2.24. The minimum absolute atomic E-state index is 0.237. The number of halogens is 3. The van der Waals surface area contributed by atoms with E-state index in [2.05, 4.69) is 0 Å². The van der Waals surface area contributed by atoms with Crippen molar-refractivity contribution in [1.82, 2.24) is 0 Å². The second kappa shape index (κ2) is 8.74. The van der Waals surface area contributed by atoms with Crippen LogP contribution in [0.1, 0.15) is 11.3 Å². The van der Waals surface area contributed by atoms with Gasteiger partial charge in [-0.3, -0.25) is 9.69 Å². The second-order valence-electron chi connectivity index (χ2n) is 7.44. The average molecular weight is 476 g/mol. The summed E-state index contributed by atoms with van der Waals surface area (Å²) in [6.45, 7) is 0. The van der Waals surface area contributed by atoms with Crippen LogP contribution in [0.2, 0.25) is 10.0 Å². The van der Waals surface area contributed by atoms with Crippen LogP contribution >= 0.6 is 23.2 Å². The van der Waals surface area contributed by atoms with Crippen molar-refractivity contribution in [2.75, 3.05) is 4.90 Å². The van der Waals surface area contributed by atoms with Gasteiger partial charge in [0.2, 0.25) is 0 Å². The molecule has 0 fully saturated rings. The Morgan fingerprint density at radius 3 is 2.39 bits per heavy atom. The van der Waals surface area contributed by atoms with Gasteiger partial charge in [0, 0.05) is 21.8 Å². The summed E-state index contributed by atoms with van der Waals surface area (Å²) in [5.41, 5.74) is 3.24. The quantitative estimate of drug-likeness (QED) is 0.281. The monoisotopic (exact) mass is 475 g/mol. The van der Waals surface area contributed by atoms with E-state index in [1.807, 2.05) is 30.3 Å². The van der Waals surface area contributed by atoms with E-state index in [0.717, 1.165) is 5.56 Å². The van der Waals surface area contributed by atoms with Crippen LogP contribution in [-0.2, 0) is 4.79 Å². The SMILES string of the molecule is O=C1C(=Cc2ccc(-c3cc(Cl)ccc3Cl)o2)C=C(c2ccccc2)N1c1ccc(F)cc1. The number of benzene rings is 3. The molecule has 0 bridgehead atoms. The first-order valence-electron chi connectivity index (χ1n) is 10.1. The topological polar surface area (TPSA) is 33.5 Å². The Kier molecular flexibility index (Phi) is 5.63. The Bertz CT molecular complexity index is 1410. The molecular weight excluding hydrogens is 460 g/mol. The lowest BCUT2D eigenvalue weighted by molar-refractivity contribution is -0.113. The third kappa shape index (κ3) is 4.23. The highest BCUT2D eigenvalue weighted by molar-refractivity contribution is 6.35. The summed E-state index contributed by atoms with van der Waals surface area (Å²) in [5, 5.41) is 1.06. The van der Waals surface area contributed by atoms with Gasteiger partial charge in [-0.25, -0.2) is 4.39 Å². The summed E-state index contributed by atoms with van der Waals surface area (Å²) in [5.74, 6) is 0.435. The molecule has 0 saturated carbocycles. The van der Waals surface area contributed by atoms with E-state index >= 15 is 0 Å². The van der Waals surface area contributed by atoms with Crippen molar-refractivity contribution in [2.24, 2.45) is 0 Å². The standard InChI is InChI=1S/C27H16Cl2FNO2/c28-19-6-12-24(29)23(16-19)26-13-11-22(33-26)14-18-15-25(17-4-2-1-3-5-17)31(27(18)32)21-9-7-20(30)8-10-21/h1-16H. The van der Waals surface area contributed by atoms with Gasteiger partial charge in [0.1, 0.15) is 17.3 Å². The van der Waals surface area contributed by atoms with Crippen molar-refractivity contribution in [3.8, 4) is 11.3 Å². The molecule has 1 aliphatic heterocycles. The number of amides is 1. The van der Waals surface area contributed by atoms with E-state index < -0.39 is 0 Å². The van der Waals surface area contributed by atoms with Crippen LogP contribution in [0.5, 0.6) is 0 Å². The van der Waals surface area contributed by atoms with Gasteiger partial charge in [-0.05, 0) is 72.3 Å². The van der Waals surface area contributed by atoms with Crippen LogP contribution in [0.4, 0.5) is 10.1 Å². The van der Waals surface area contributed by atoms with Gasteiger partial charge in [0.25, 0.3) is 5.91 Å². The van der Waals surface area contributed by atoms with Gasteiger partial charge < -0.3 is 4.42 Å². The molecule has 4 aromatic rings. The Balaban J connectivity index is 1.55. The molecule has 0 N–H and O–H groups in total. The summed E-state index contributed by atoms with van der Waals surface area (Å²) in [7, 11) is 0. The maximum atomic E-state index is 13.5. The number of furan rings is 1. The van der Waals surface area contributed by atoms with Crippen LogP contribution in [0.15, 0.2) is 101 Å². The second-order valence-corrected chi connectivity index (χ2v) is 8.28. The molecule has 33 heavy (non-hydrogen) atoms. The molecule has 1 aliphatic rings. The van der Waals surface area contributed by atoms with Crippen LogP contribution in [-0.4, -0.2) is 5.91 Å². The zero-order valence-corrected chi connectivity index (χ0v) is 18.6. The largest absolute Gasteiger partial charge is 0.457 e. The Labute approximate surface area is 200 Å². The molecule has 0 unspecified atom stereocenters. The van der Waals surface area contributed by atoms with Gasteiger partial charge in [0.05, 0.1) is 10.7 Å². The molecule has 6 heteroatoms. The molecule has 5 rings (SSSR count). The summed E-state index contributed by atoms with van der Waals surface area (Å²) in [6.07, 6.45) is 3.48. The minimum Gasteiger partial charge on any atom is -0.457 e. The zero-order valence-electron chi connectivity index (χ0n) is 17.1. The molecule has 1 aromatic heterocycles. The van der Waals surface area contributed by atoms with Crippen LogP contribution in [0.3, 0.4) is 0 Å². The fourth-order valence-electron chi connectivity index (χ4n) is 3.70. The first kappa shape index (κ1) is 21.3. The third-order valence-electron chi connectivity index (χ3n) is 5.26. The molecule has 0 aliphatic carbocycles. The molecular formula is C27H16Cl2FNO2. The molecule has 0 spiro atoms. The molecule has 0 atom stereocenters. The van der Waals surface area contributed by atoms with E-state index in [-0.39, 0.29) is 11.7 Å². The highest BCUT2D eigenvalue weighted by Gasteiger charge is 2.30. The Morgan fingerprint density at radius 1 is 0.879 bits per heavy atom. The smallest absolute Gasteiger partial charge is 0.263 e. The normalized spacial score (nSPS) is 14.8. The van der Waals surface area contributed by atoms with Crippen molar-refractivity contribution < 1.29 is 13.6 Å². The summed E-state index contributed by atoms with van der Waals surface area (Å²) < 4.78 is 19.4. The lowest BCUT2D eigenvalue weighted by atomic mass is 10.1. The molecule has 1 amide bonds. The van der Waals surface area contributed by atoms with Gasteiger partial charge in [-0.15, -0.1) is 0 Å². The highest BCUT2D eigenvalue weighted by atomic mass is 35.5. The summed E-state index contributed by atoms with van der Waals surface area (Å²) in [4.78, 5) is 15.0. The van der Waals surface area contributed by atoms with E-state index in [1.54, 1.807) is 59.5 Å². The van der Waals surface area contributed by atoms with Gasteiger partial charge in [-0.2, -0.15) is 0 Å². The van der Waals surface area contributed by atoms with Gasteiger partial charge >= 0.3 is 0 Å². The van der Waals surface area contributed by atoms with Crippen LogP contribution in [0, 0.1) is 5.82 Å². The van der Waals surface area contributed by atoms with Crippen molar-refractivity contribution in [3.05, 3.63) is 124 Å². The molecule has 3 nitrogen and oxygen atoms in total. The zero-order chi connectivity index (χ0) is 22.9. The summed E-state index contributed by atoms with van der Waals surface area (Å²) in [6, 6.07) is 24.1. The van der Waals surface area contributed by atoms with Gasteiger partial charge in [-0.1, -0.05) is 53.5 Å². The molecule has 162 valence electrons. The summed E-state index contributed by atoms with van der Waals surface area (Å²) >= 11 is 12.4. The predicted octanol–water partition coefficient (Wildman–Crippen LogP) is 7.86. The van der Waals surface area contributed by atoms with E-state index in [1.165, 1.54) is 12.1 Å². The lowest BCUT2D eigenvalue weighted by Gasteiger charge is -2.20. The van der Waals surface area contributed by atoms with Crippen LogP contribution < -0.4 is 4.90 Å². The number of carbonyl (C=O) groups excluding carboxylic acids is 1. The Hall–Kier alpha value is -3.60. The molecule has 0 saturated heterocycles. The number of hydrogen-bond acceptors (Lipinski definition) is 2. The van der Waals surface area contributed by atoms with E-state index in [4.69, 9.17) is 27.6 Å². The van der Waals surface area contributed by atoms with E-state index in [9.17, 15) is 9.18 Å². The number of anilines is 1. The Morgan fingerprint density at radius 2 is 1.64 bits per heavy atom. The maximum absolute atomic E-state index is 13.5. The number of carbonyl (C=O) groups is 1. The molecule has 0 radical (unpaired) electrons. The van der Waals surface area contributed by atoms with E-state index in [0.29, 0.717) is 44.1 Å². The highest BCUT2D eigenvalue weighted by Crippen LogP contribution is 2.36. The minimum atomic E-state index is -0.366. The predicted molar refractivity (Wildman–Crippen MR) is 130 cm³/mol. The van der Waals surface area contributed by atoms with Crippen molar-refractivity contribution in [3.63, 3.8) is 0 Å². The first-order chi connectivity index (χ1) is 16.0. The average Bonchev–Trinajstić information content (AvgIpc) is 3.42. The molecule has 3 aromatic carbocycles.